The van der Waals surface area contributed by atoms with Gasteiger partial charge in [-0.05, 0) is 38.4 Å². The lowest BCUT2D eigenvalue weighted by atomic mass is 10.1. The number of hydrogen-bond donors (Lipinski definition) is 2. The minimum Gasteiger partial charge on any atom is -0.361 e. The number of H-pyrrole nitrogens is 1. The van der Waals surface area contributed by atoms with Crippen LogP contribution in [0, 0.1) is 0 Å². The van der Waals surface area contributed by atoms with Gasteiger partial charge in [-0.25, -0.2) is 0 Å². The maximum Gasteiger partial charge on any atom is 0.251 e. The van der Waals surface area contributed by atoms with Crippen LogP contribution in [0.1, 0.15) is 10.4 Å². The van der Waals surface area contributed by atoms with Crippen molar-refractivity contribution in [2.45, 2.75) is 6.04 Å². The molecule has 1 amide bonds. The largest absolute Gasteiger partial charge is 0.361 e. The highest BCUT2D eigenvalue weighted by Gasteiger charge is 2.22. The number of nitrogens with one attached hydrogen (secondary N) is 2. The van der Waals surface area contributed by atoms with Gasteiger partial charge in [-0.2, -0.15) is 0 Å². The summed E-state index contributed by atoms with van der Waals surface area (Å²) in [6.07, 6.45) is 1.89. The summed E-state index contributed by atoms with van der Waals surface area (Å²) >= 11 is 0. The minimum atomic E-state index is -0.000253. The quantitative estimate of drug-likeness (QED) is 0.890. The molecule has 0 aliphatic carbocycles. The van der Waals surface area contributed by atoms with Gasteiger partial charge in [0.2, 0.25) is 0 Å². The van der Waals surface area contributed by atoms with Crippen molar-refractivity contribution >= 4 is 16.8 Å². The van der Waals surface area contributed by atoms with Crippen LogP contribution in [0.5, 0.6) is 0 Å². The number of likely N-dealkylation sites (N-methyl/N-ethyl adjacent to an activating group) is 2. The number of aromatic nitrogens is 1. The molecule has 0 saturated carbocycles. The van der Waals surface area contributed by atoms with Crippen molar-refractivity contribution in [1.82, 2.24) is 20.1 Å². The first-order valence-electron chi connectivity index (χ1n) is 7.37. The highest BCUT2D eigenvalue weighted by molar-refractivity contribution is 5.98. The molecule has 1 saturated heterocycles. The van der Waals surface area contributed by atoms with Gasteiger partial charge in [0.05, 0.1) is 0 Å². The highest BCUT2D eigenvalue weighted by Crippen LogP contribution is 2.14. The first kappa shape index (κ1) is 14.1. The monoisotopic (exact) mass is 286 g/mol. The summed E-state index contributed by atoms with van der Waals surface area (Å²) < 4.78 is 0. The smallest absolute Gasteiger partial charge is 0.251 e. The molecule has 2 N–H and O–H groups in total. The van der Waals surface area contributed by atoms with Crippen molar-refractivity contribution in [1.29, 1.82) is 0 Å². The predicted octanol–water partition coefficient (Wildman–Crippen LogP) is 1.14. The molecule has 21 heavy (non-hydrogen) atoms. The van der Waals surface area contributed by atoms with E-state index in [-0.39, 0.29) is 5.91 Å². The Labute approximate surface area is 124 Å². The average molecular weight is 286 g/mol. The van der Waals surface area contributed by atoms with Crippen molar-refractivity contribution in [3.63, 3.8) is 0 Å². The van der Waals surface area contributed by atoms with Gasteiger partial charge < -0.3 is 15.2 Å². The molecule has 5 nitrogen and oxygen atoms in total. The van der Waals surface area contributed by atoms with Gasteiger partial charge in [0.1, 0.15) is 0 Å². The van der Waals surface area contributed by atoms with Gasteiger partial charge >= 0.3 is 0 Å². The van der Waals surface area contributed by atoms with E-state index < -0.39 is 0 Å². The van der Waals surface area contributed by atoms with E-state index >= 15 is 0 Å². The summed E-state index contributed by atoms with van der Waals surface area (Å²) in [6.45, 7) is 3.82. The van der Waals surface area contributed by atoms with E-state index in [4.69, 9.17) is 0 Å². The third-order valence-electron chi connectivity index (χ3n) is 4.29. The van der Waals surface area contributed by atoms with Gasteiger partial charge in [-0.15, -0.1) is 0 Å². The number of aromatic amines is 1. The molecule has 1 fully saturated rings. The second kappa shape index (κ2) is 5.87. The minimum absolute atomic E-state index is 0.000253. The third-order valence-corrected chi connectivity index (χ3v) is 4.29. The van der Waals surface area contributed by atoms with E-state index in [1.165, 1.54) is 0 Å². The van der Waals surface area contributed by atoms with Crippen LogP contribution in [-0.2, 0) is 0 Å². The Hall–Kier alpha value is -1.85. The second-order valence-electron chi connectivity index (χ2n) is 5.89. The highest BCUT2D eigenvalue weighted by atomic mass is 16.1. The molecule has 3 rings (SSSR count). The van der Waals surface area contributed by atoms with Crippen LogP contribution in [0.3, 0.4) is 0 Å². The molecule has 0 spiro atoms. The molecule has 1 aromatic heterocycles. The molecule has 1 aliphatic heterocycles. The van der Waals surface area contributed by atoms with E-state index in [1.807, 2.05) is 30.5 Å². The van der Waals surface area contributed by atoms with E-state index in [2.05, 4.69) is 34.2 Å². The summed E-state index contributed by atoms with van der Waals surface area (Å²) in [4.78, 5) is 20.0. The molecular formula is C16H22N4O. The number of fused-ring (bicyclic) bond motifs is 1. The Morgan fingerprint density at radius 3 is 3.05 bits per heavy atom. The van der Waals surface area contributed by atoms with Crippen molar-refractivity contribution in [2.75, 3.05) is 40.3 Å². The molecule has 2 heterocycles. The predicted molar refractivity (Wildman–Crippen MR) is 84.5 cm³/mol. The number of piperazine rings is 1. The average Bonchev–Trinajstić information content (AvgIpc) is 2.95. The maximum atomic E-state index is 12.3. The molecular weight excluding hydrogens is 264 g/mol. The summed E-state index contributed by atoms with van der Waals surface area (Å²) in [5, 5.41) is 4.13. The topological polar surface area (TPSA) is 51.4 Å². The molecule has 0 radical (unpaired) electrons. The van der Waals surface area contributed by atoms with Crippen LogP contribution in [-0.4, -0.2) is 67.0 Å². The Kier molecular flexibility index (Phi) is 3.94. The molecule has 1 aromatic carbocycles. The summed E-state index contributed by atoms with van der Waals surface area (Å²) in [7, 11) is 4.25. The molecule has 112 valence electrons. The SMILES string of the molecule is CN1CCN(C)C(CNC(=O)c2ccc3[nH]ccc3c2)C1. The van der Waals surface area contributed by atoms with Crippen LogP contribution in [0.15, 0.2) is 30.5 Å². The van der Waals surface area contributed by atoms with Crippen molar-refractivity contribution < 1.29 is 4.79 Å². The lowest BCUT2D eigenvalue weighted by molar-refractivity contribution is 0.0881. The van der Waals surface area contributed by atoms with Gasteiger partial charge in [0.25, 0.3) is 5.91 Å². The van der Waals surface area contributed by atoms with Crippen LogP contribution >= 0.6 is 0 Å². The van der Waals surface area contributed by atoms with Crippen LogP contribution < -0.4 is 5.32 Å². The van der Waals surface area contributed by atoms with E-state index in [1.54, 1.807) is 0 Å². The Bertz CT molecular complexity index is 636. The summed E-state index contributed by atoms with van der Waals surface area (Å²) in [6, 6.07) is 8.10. The molecule has 1 aliphatic rings. The van der Waals surface area contributed by atoms with E-state index in [0.717, 1.165) is 30.5 Å². The number of amides is 1. The Morgan fingerprint density at radius 2 is 2.19 bits per heavy atom. The van der Waals surface area contributed by atoms with Crippen LogP contribution in [0.2, 0.25) is 0 Å². The molecule has 1 atom stereocenters. The number of nitrogens with zero attached hydrogens (tertiary/aromatic N) is 2. The van der Waals surface area contributed by atoms with E-state index in [0.29, 0.717) is 18.2 Å². The Balaban J connectivity index is 1.63. The van der Waals surface area contributed by atoms with Crippen molar-refractivity contribution in [2.24, 2.45) is 0 Å². The van der Waals surface area contributed by atoms with Gasteiger partial charge in [-0.1, -0.05) is 0 Å². The first-order valence-corrected chi connectivity index (χ1v) is 7.37. The molecule has 0 bridgehead atoms. The first-order chi connectivity index (χ1) is 10.1. The lowest BCUT2D eigenvalue weighted by Gasteiger charge is -2.37. The number of carbonyl (C=O) groups is 1. The number of rotatable bonds is 3. The number of hydrogen-bond acceptors (Lipinski definition) is 3. The number of benzene rings is 1. The molecule has 1 unspecified atom stereocenters. The molecule has 5 heteroatoms. The van der Waals surface area contributed by atoms with Gasteiger partial charge in [-0.3, -0.25) is 9.69 Å². The van der Waals surface area contributed by atoms with Crippen molar-refractivity contribution in [3.05, 3.63) is 36.0 Å². The molecule has 2 aromatic rings. The van der Waals surface area contributed by atoms with Crippen LogP contribution in [0.25, 0.3) is 10.9 Å². The van der Waals surface area contributed by atoms with E-state index in [9.17, 15) is 4.79 Å². The van der Waals surface area contributed by atoms with Crippen molar-refractivity contribution in [3.8, 4) is 0 Å². The maximum absolute atomic E-state index is 12.3. The van der Waals surface area contributed by atoms with Crippen LogP contribution in [0.4, 0.5) is 0 Å². The lowest BCUT2D eigenvalue weighted by Crippen LogP contribution is -2.54. The fourth-order valence-electron chi connectivity index (χ4n) is 2.83. The Morgan fingerprint density at radius 1 is 1.33 bits per heavy atom. The summed E-state index contributed by atoms with van der Waals surface area (Å²) in [5.74, 6) is -0.000253. The third kappa shape index (κ3) is 3.09. The fraction of sp³-hybridized carbons (Fsp3) is 0.438. The second-order valence-corrected chi connectivity index (χ2v) is 5.89. The van der Waals surface area contributed by atoms with Gasteiger partial charge in [0, 0.05) is 54.9 Å². The normalized spacial score (nSPS) is 20.8. The zero-order chi connectivity index (χ0) is 14.8. The summed E-state index contributed by atoms with van der Waals surface area (Å²) in [5.41, 5.74) is 1.77. The van der Waals surface area contributed by atoms with Gasteiger partial charge in [0.15, 0.2) is 0 Å². The standard InChI is InChI=1S/C16H22N4O/c1-19-7-8-20(2)14(11-19)10-18-16(21)13-3-4-15-12(9-13)5-6-17-15/h3-6,9,14,17H,7-8,10-11H2,1-2H3,(H,18,21). The fourth-order valence-corrected chi connectivity index (χ4v) is 2.83. The number of carbonyl (C=O) groups excluding carboxylic acids is 1. The zero-order valence-electron chi connectivity index (χ0n) is 12.6. The zero-order valence-corrected chi connectivity index (χ0v) is 12.6.